The van der Waals surface area contributed by atoms with Crippen LogP contribution < -0.4 is 5.32 Å². The minimum Gasteiger partial charge on any atom is -0.344 e. The summed E-state index contributed by atoms with van der Waals surface area (Å²) in [7, 11) is 0. The van der Waals surface area contributed by atoms with Crippen molar-refractivity contribution in [2.45, 2.75) is 45.6 Å². The van der Waals surface area contributed by atoms with Gasteiger partial charge in [0, 0.05) is 19.5 Å². The van der Waals surface area contributed by atoms with E-state index in [4.69, 9.17) is 0 Å². The van der Waals surface area contributed by atoms with Crippen molar-refractivity contribution in [1.82, 2.24) is 10.2 Å². The third-order valence-corrected chi connectivity index (χ3v) is 4.15. The summed E-state index contributed by atoms with van der Waals surface area (Å²) in [6.45, 7) is 5.61. The number of likely N-dealkylation sites (tertiary alicyclic amines) is 1. The first-order valence-corrected chi connectivity index (χ1v) is 8.20. The lowest BCUT2D eigenvalue weighted by molar-refractivity contribution is -0.136. The molecule has 0 saturated carbocycles. The van der Waals surface area contributed by atoms with Gasteiger partial charge in [-0.05, 0) is 30.7 Å². The molecule has 1 aliphatic heterocycles. The Morgan fingerprint density at radius 3 is 2.36 bits per heavy atom. The van der Waals surface area contributed by atoms with Crippen LogP contribution >= 0.6 is 0 Å². The van der Waals surface area contributed by atoms with E-state index in [2.05, 4.69) is 5.32 Å². The van der Waals surface area contributed by atoms with Crippen LogP contribution in [-0.2, 0) is 16.0 Å². The average Bonchev–Trinajstić information content (AvgIpc) is 3.05. The highest BCUT2D eigenvalue weighted by Gasteiger charge is 2.29. The van der Waals surface area contributed by atoms with Gasteiger partial charge in [0.15, 0.2) is 0 Å². The van der Waals surface area contributed by atoms with Gasteiger partial charge in [0.25, 0.3) is 0 Å². The molecule has 0 bridgehead atoms. The lowest BCUT2D eigenvalue weighted by atomic mass is 10.0. The molecule has 0 spiro atoms. The van der Waals surface area contributed by atoms with E-state index in [1.807, 2.05) is 49.1 Å². The predicted octanol–water partition coefficient (Wildman–Crippen LogP) is 2.38. The number of aryl methyl sites for hydroxylation is 1. The van der Waals surface area contributed by atoms with Gasteiger partial charge in [0.2, 0.25) is 11.8 Å². The molecule has 22 heavy (non-hydrogen) atoms. The van der Waals surface area contributed by atoms with E-state index < -0.39 is 6.04 Å². The molecule has 1 heterocycles. The summed E-state index contributed by atoms with van der Waals surface area (Å²) in [6.07, 6.45) is 3.26. The fourth-order valence-electron chi connectivity index (χ4n) is 2.80. The van der Waals surface area contributed by atoms with Gasteiger partial charge >= 0.3 is 0 Å². The SMILES string of the molecule is CC(C)[C@@H](NC(=O)CCc1ccccc1)C(=O)N1CCCC1. The molecule has 0 aromatic heterocycles. The topological polar surface area (TPSA) is 49.4 Å². The maximum Gasteiger partial charge on any atom is 0.245 e. The Balaban J connectivity index is 1.87. The molecule has 0 radical (unpaired) electrons. The lowest BCUT2D eigenvalue weighted by Crippen LogP contribution is -2.50. The van der Waals surface area contributed by atoms with E-state index in [9.17, 15) is 9.59 Å². The second-order valence-corrected chi connectivity index (χ2v) is 6.31. The molecule has 1 aliphatic rings. The van der Waals surface area contributed by atoms with Crippen LogP contribution in [0.5, 0.6) is 0 Å². The lowest BCUT2D eigenvalue weighted by Gasteiger charge is -2.26. The Morgan fingerprint density at radius 2 is 1.77 bits per heavy atom. The number of rotatable bonds is 6. The molecule has 2 rings (SSSR count). The number of hydrogen-bond acceptors (Lipinski definition) is 2. The average molecular weight is 302 g/mol. The number of nitrogens with one attached hydrogen (secondary N) is 1. The smallest absolute Gasteiger partial charge is 0.245 e. The van der Waals surface area contributed by atoms with Crippen LogP contribution in [0.2, 0.25) is 0 Å². The fraction of sp³-hybridized carbons (Fsp3) is 0.556. The van der Waals surface area contributed by atoms with Gasteiger partial charge in [-0.2, -0.15) is 0 Å². The molecule has 1 fully saturated rings. The van der Waals surface area contributed by atoms with Gasteiger partial charge in [-0.15, -0.1) is 0 Å². The van der Waals surface area contributed by atoms with Crippen molar-refractivity contribution in [2.75, 3.05) is 13.1 Å². The Hall–Kier alpha value is -1.84. The van der Waals surface area contributed by atoms with Crippen LogP contribution in [-0.4, -0.2) is 35.8 Å². The van der Waals surface area contributed by atoms with Gasteiger partial charge in [-0.3, -0.25) is 9.59 Å². The molecule has 1 saturated heterocycles. The number of hydrogen-bond donors (Lipinski definition) is 1. The first-order valence-electron chi connectivity index (χ1n) is 8.20. The quantitative estimate of drug-likeness (QED) is 0.877. The minimum absolute atomic E-state index is 0.0462. The molecule has 4 heteroatoms. The Morgan fingerprint density at radius 1 is 1.14 bits per heavy atom. The van der Waals surface area contributed by atoms with Crippen LogP contribution in [0.3, 0.4) is 0 Å². The molecule has 0 aliphatic carbocycles. The molecule has 1 aromatic rings. The van der Waals surface area contributed by atoms with Crippen LogP contribution in [0.1, 0.15) is 38.7 Å². The molecular weight excluding hydrogens is 276 g/mol. The molecule has 1 aromatic carbocycles. The second kappa shape index (κ2) is 7.97. The zero-order valence-electron chi connectivity index (χ0n) is 13.5. The second-order valence-electron chi connectivity index (χ2n) is 6.31. The minimum atomic E-state index is -0.402. The number of amides is 2. The monoisotopic (exact) mass is 302 g/mol. The van der Waals surface area contributed by atoms with Crippen LogP contribution in [0.15, 0.2) is 30.3 Å². The summed E-state index contributed by atoms with van der Waals surface area (Å²) >= 11 is 0. The maximum absolute atomic E-state index is 12.5. The molecule has 0 unspecified atom stereocenters. The first kappa shape index (κ1) is 16.5. The summed E-state index contributed by atoms with van der Waals surface area (Å²) in [5.41, 5.74) is 1.14. The Bertz CT molecular complexity index is 493. The Kier molecular flexibility index (Phi) is 5.99. The van der Waals surface area contributed by atoms with Crippen molar-refractivity contribution < 1.29 is 9.59 Å². The van der Waals surface area contributed by atoms with Crippen LogP contribution in [0.25, 0.3) is 0 Å². The standard InChI is InChI=1S/C18H26N2O2/c1-14(2)17(18(22)20-12-6-7-13-20)19-16(21)11-10-15-8-4-3-5-9-15/h3-5,8-9,14,17H,6-7,10-13H2,1-2H3,(H,19,21)/t17-/m1/s1. The van der Waals surface area contributed by atoms with Crippen LogP contribution in [0.4, 0.5) is 0 Å². The fourth-order valence-corrected chi connectivity index (χ4v) is 2.80. The van der Waals surface area contributed by atoms with E-state index in [0.717, 1.165) is 31.5 Å². The van der Waals surface area contributed by atoms with E-state index in [1.54, 1.807) is 0 Å². The number of carbonyl (C=O) groups is 2. The summed E-state index contributed by atoms with van der Waals surface area (Å²) in [4.78, 5) is 26.6. The zero-order chi connectivity index (χ0) is 15.9. The summed E-state index contributed by atoms with van der Waals surface area (Å²) in [5, 5.41) is 2.93. The van der Waals surface area contributed by atoms with Crippen molar-refractivity contribution >= 4 is 11.8 Å². The van der Waals surface area contributed by atoms with Crippen molar-refractivity contribution in [3.63, 3.8) is 0 Å². The number of benzene rings is 1. The third-order valence-electron chi connectivity index (χ3n) is 4.15. The predicted molar refractivity (Wildman–Crippen MR) is 87.3 cm³/mol. The normalized spacial score (nSPS) is 15.9. The highest BCUT2D eigenvalue weighted by Crippen LogP contribution is 2.13. The summed E-state index contributed by atoms with van der Waals surface area (Å²) in [6, 6.07) is 9.54. The van der Waals surface area contributed by atoms with Crippen LogP contribution in [0, 0.1) is 5.92 Å². The van der Waals surface area contributed by atoms with Gasteiger partial charge in [-0.1, -0.05) is 44.2 Å². The van der Waals surface area contributed by atoms with E-state index >= 15 is 0 Å². The van der Waals surface area contributed by atoms with Crippen molar-refractivity contribution in [3.05, 3.63) is 35.9 Å². The highest BCUT2D eigenvalue weighted by atomic mass is 16.2. The zero-order valence-corrected chi connectivity index (χ0v) is 13.5. The highest BCUT2D eigenvalue weighted by molar-refractivity contribution is 5.88. The van der Waals surface area contributed by atoms with Gasteiger partial charge in [0.05, 0.1) is 0 Å². The number of carbonyl (C=O) groups excluding carboxylic acids is 2. The largest absolute Gasteiger partial charge is 0.344 e. The first-order chi connectivity index (χ1) is 10.6. The Labute approximate surface area is 132 Å². The molecular formula is C18H26N2O2. The third kappa shape index (κ3) is 4.58. The van der Waals surface area contributed by atoms with Crippen molar-refractivity contribution in [1.29, 1.82) is 0 Å². The van der Waals surface area contributed by atoms with Gasteiger partial charge in [0.1, 0.15) is 6.04 Å². The van der Waals surface area contributed by atoms with Gasteiger partial charge < -0.3 is 10.2 Å². The molecule has 4 nitrogen and oxygen atoms in total. The molecule has 2 amide bonds. The molecule has 120 valence electrons. The summed E-state index contributed by atoms with van der Waals surface area (Å²) in [5.74, 6) is 0.129. The van der Waals surface area contributed by atoms with E-state index in [0.29, 0.717) is 12.8 Å². The maximum atomic E-state index is 12.5. The van der Waals surface area contributed by atoms with Gasteiger partial charge in [-0.25, -0.2) is 0 Å². The summed E-state index contributed by atoms with van der Waals surface area (Å²) < 4.78 is 0. The molecule has 1 N–H and O–H groups in total. The van der Waals surface area contributed by atoms with Crippen molar-refractivity contribution in [2.24, 2.45) is 5.92 Å². The van der Waals surface area contributed by atoms with Crippen molar-refractivity contribution in [3.8, 4) is 0 Å². The van der Waals surface area contributed by atoms with E-state index in [-0.39, 0.29) is 17.7 Å². The van der Waals surface area contributed by atoms with E-state index in [1.165, 1.54) is 0 Å². The number of nitrogens with zero attached hydrogens (tertiary/aromatic N) is 1. The molecule has 1 atom stereocenters.